The third-order valence-corrected chi connectivity index (χ3v) is 4.05. The van der Waals surface area contributed by atoms with Crippen LogP contribution in [-0.4, -0.2) is 39.5 Å². The van der Waals surface area contributed by atoms with Crippen LogP contribution in [0.4, 0.5) is 5.95 Å². The van der Waals surface area contributed by atoms with E-state index >= 15 is 0 Å². The molecule has 3 N–H and O–H groups in total. The van der Waals surface area contributed by atoms with E-state index in [4.69, 9.17) is 10.3 Å². The van der Waals surface area contributed by atoms with Crippen molar-refractivity contribution in [3.05, 3.63) is 12.0 Å². The molecule has 0 radical (unpaired) electrons. The molecule has 1 aliphatic heterocycles. The Kier molecular flexibility index (Phi) is 3.43. The molecule has 108 valence electrons. The third kappa shape index (κ3) is 2.40. The van der Waals surface area contributed by atoms with Gasteiger partial charge in [0, 0.05) is 19.1 Å². The van der Waals surface area contributed by atoms with Crippen LogP contribution in [0.5, 0.6) is 0 Å². The number of nitrogens with two attached hydrogens (primary N) is 1. The third-order valence-electron chi connectivity index (χ3n) is 4.05. The summed E-state index contributed by atoms with van der Waals surface area (Å²) < 4.78 is 5.05. The number of anilines is 1. The Balaban J connectivity index is 1.71. The van der Waals surface area contributed by atoms with Gasteiger partial charge in [0.2, 0.25) is 5.95 Å². The van der Waals surface area contributed by atoms with Crippen molar-refractivity contribution in [2.45, 2.75) is 32.7 Å². The Bertz CT molecular complexity index is 567. The maximum Gasteiger partial charge on any atom is 0.245 e. The number of piperidine rings is 1. The minimum atomic E-state index is 0.263. The first-order valence-corrected chi connectivity index (χ1v) is 6.99. The second-order valence-corrected chi connectivity index (χ2v) is 5.46. The molecule has 2 aromatic heterocycles. The van der Waals surface area contributed by atoms with Crippen LogP contribution in [0.1, 0.15) is 25.5 Å². The summed E-state index contributed by atoms with van der Waals surface area (Å²) in [4.78, 5) is 6.73. The molecule has 1 unspecified atom stereocenters. The van der Waals surface area contributed by atoms with Crippen molar-refractivity contribution in [3.8, 4) is 11.4 Å². The molecule has 0 amide bonds. The summed E-state index contributed by atoms with van der Waals surface area (Å²) in [5.74, 6) is 2.78. The van der Waals surface area contributed by atoms with Crippen LogP contribution >= 0.6 is 0 Å². The van der Waals surface area contributed by atoms with Crippen molar-refractivity contribution in [2.24, 2.45) is 11.7 Å². The maximum absolute atomic E-state index is 5.96. The summed E-state index contributed by atoms with van der Waals surface area (Å²) in [6.45, 7) is 5.84. The first-order chi connectivity index (χ1) is 9.65. The van der Waals surface area contributed by atoms with E-state index in [1.54, 1.807) is 6.20 Å². The van der Waals surface area contributed by atoms with Gasteiger partial charge in [-0.05, 0) is 32.6 Å². The summed E-state index contributed by atoms with van der Waals surface area (Å²) in [5, 5.41) is 11.0. The Labute approximate surface area is 117 Å². The van der Waals surface area contributed by atoms with Gasteiger partial charge in [-0.15, -0.1) is 5.10 Å². The molecule has 0 spiro atoms. The van der Waals surface area contributed by atoms with Gasteiger partial charge in [-0.3, -0.25) is 5.10 Å². The lowest BCUT2D eigenvalue weighted by Gasteiger charge is -2.32. The molecule has 0 aliphatic carbocycles. The van der Waals surface area contributed by atoms with Gasteiger partial charge in [0.1, 0.15) is 5.76 Å². The average molecular weight is 276 g/mol. The number of nitrogens with one attached hydrogen (secondary N) is 1. The predicted octanol–water partition coefficient (Wildman–Crippen LogP) is 1.33. The van der Waals surface area contributed by atoms with Gasteiger partial charge >= 0.3 is 0 Å². The number of aromatic amines is 1. The fourth-order valence-electron chi connectivity index (χ4n) is 2.67. The number of aryl methyl sites for hydroxylation is 1. The van der Waals surface area contributed by atoms with E-state index in [2.05, 4.69) is 32.2 Å². The highest BCUT2D eigenvalue weighted by Gasteiger charge is 2.24. The molecule has 3 heterocycles. The Morgan fingerprint density at radius 1 is 1.45 bits per heavy atom. The molecule has 0 saturated carbocycles. The molecule has 1 fully saturated rings. The van der Waals surface area contributed by atoms with Gasteiger partial charge in [0.15, 0.2) is 5.82 Å². The van der Waals surface area contributed by atoms with Crippen molar-refractivity contribution >= 4 is 5.95 Å². The van der Waals surface area contributed by atoms with E-state index in [1.165, 1.54) is 0 Å². The summed E-state index contributed by atoms with van der Waals surface area (Å²) in [5.41, 5.74) is 6.82. The van der Waals surface area contributed by atoms with Crippen LogP contribution < -0.4 is 10.6 Å². The zero-order valence-electron chi connectivity index (χ0n) is 11.8. The molecule has 0 bridgehead atoms. The summed E-state index contributed by atoms with van der Waals surface area (Å²) >= 11 is 0. The van der Waals surface area contributed by atoms with Crippen molar-refractivity contribution in [3.63, 3.8) is 0 Å². The van der Waals surface area contributed by atoms with Gasteiger partial charge in [0.25, 0.3) is 0 Å². The number of rotatable bonds is 3. The Morgan fingerprint density at radius 2 is 2.20 bits per heavy atom. The molecule has 2 aromatic rings. The normalized spacial score (nSPS) is 18.4. The highest BCUT2D eigenvalue weighted by atomic mass is 16.5. The number of hydrogen-bond donors (Lipinski definition) is 2. The summed E-state index contributed by atoms with van der Waals surface area (Å²) in [7, 11) is 0. The molecule has 7 heteroatoms. The minimum absolute atomic E-state index is 0.263. The van der Waals surface area contributed by atoms with Crippen LogP contribution in [0, 0.1) is 12.8 Å². The van der Waals surface area contributed by atoms with Gasteiger partial charge in [-0.25, -0.2) is 0 Å². The number of aromatic nitrogens is 4. The molecule has 1 aliphatic rings. The van der Waals surface area contributed by atoms with Gasteiger partial charge in [0.05, 0.1) is 11.8 Å². The van der Waals surface area contributed by atoms with E-state index in [0.717, 1.165) is 43.2 Å². The van der Waals surface area contributed by atoms with E-state index < -0.39 is 0 Å². The number of H-pyrrole nitrogens is 1. The van der Waals surface area contributed by atoms with E-state index in [1.807, 2.05) is 6.92 Å². The Morgan fingerprint density at radius 3 is 2.80 bits per heavy atom. The molecule has 20 heavy (non-hydrogen) atoms. The molecule has 7 nitrogen and oxygen atoms in total. The molecular weight excluding hydrogens is 256 g/mol. The lowest BCUT2D eigenvalue weighted by Crippen LogP contribution is -2.40. The van der Waals surface area contributed by atoms with Crippen LogP contribution in [0.2, 0.25) is 0 Å². The number of hydrogen-bond acceptors (Lipinski definition) is 6. The predicted molar refractivity (Wildman–Crippen MR) is 75.2 cm³/mol. The van der Waals surface area contributed by atoms with E-state index in [0.29, 0.717) is 11.7 Å². The van der Waals surface area contributed by atoms with Crippen molar-refractivity contribution < 1.29 is 4.52 Å². The second-order valence-electron chi connectivity index (χ2n) is 5.46. The van der Waals surface area contributed by atoms with Crippen LogP contribution in [0.3, 0.4) is 0 Å². The topological polar surface area (TPSA) is 96.9 Å². The van der Waals surface area contributed by atoms with Crippen LogP contribution in [0.25, 0.3) is 11.4 Å². The first kappa shape index (κ1) is 13.1. The van der Waals surface area contributed by atoms with Crippen LogP contribution in [0.15, 0.2) is 10.7 Å². The second kappa shape index (κ2) is 5.24. The molecule has 3 rings (SSSR count). The molecule has 1 atom stereocenters. The minimum Gasteiger partial charge on any atom is -0.361 e. The molecule has 1 saturated heterocycles. The fourth-order valence-corrected chi connectivity index (χ4v) is 2.67. The van der Waals surface area contributed by atoms with E-state index in [9.17, 15) is 0 Å². The smallest absolute Gasteiger partial charge is 0.245 e. The van der Waals surface area contributed by atoms with Crippen molar-refractivity contribution in [1.29, 1.82) is 0 Å². The summed E-state index contributed by atoms with van der Waals surface area (Å²) in [6, 6.07) is 0.263. The molecular formula is C13H20N6O. The highest BCUT2D eigenvalue weighted by Crippen LogP contribution is 2.25. The zero-order valence-corrected chi connectivity index (χ0v) is 11.8. The zero-order chi connectivity index (χ0) is 14.1. The summed E-state index contributed by atoms with van der Waals surface area (Å²) in [6.07, 6.45) is 3.84. The van der Waals surface area contributed by atoms with E-state index in [-0.39, 0.29) is 6.04 Å². The van der Waals surface area contributed by atoms with Crippen molar-refractivity contribution in [2.75, 3.05) is 18.0 Å². The SMILES string of the molecule is Cc1oncc1-c1nc(N2CCC(C(C)N)CC2)n[nH]1. The van der Waals surface area contributed by atoms with Gasteiger partial charge < -0.3 is 15.2 Å². The maximum atomic E-state index is 5.96. The fraction of sp³-hybridized carbons (Fsp3) is 0.615. The lowest BCUT2D eigenvalue weighted by atomic mass is 9.91. The monoisotopic (exact) mass is 276 g/mol. The largest absolute Gasteiger partial charge is 0.361 e. The molecule has 0 aromatic carbocycles. The lowest BCUT2D eigenvalue weighted by molar-refractivity contribution is 0.352. The quantitative estimate of drug-likeness (QED) is 0.878. The number of nitrogens with zero attached hydrogens (tertiary/aromatic N) is 4. The highest BCUT2D eigenvalue weighted by molar-refractivity contribution is 5.57. The standard InChI is InChI=1S/C13H20N6O/c1-8(14)10-3-5-19(6-4-10)13-16-12(17-18-13)11-7-15-20-9(11)2/h7-8,10H,3-6,14H2,1-2H3,(H,16,17,18). The average Bonchev–Trinajstić information content (AvgIpc) is 3.07. The van der Waals surface area contributed by atoms with Gasteiger partial charge in [-0.2, -0.15) is 4.98 Å². The Hall–Kier alpha value is -1.89. The van der Waals surface area contributed by atoms with Gasteiger partial charge in [-0.1, -0.05) is 5.16 Å². The first-order valence-electron chi connectivity index (χ1n) is 6.99. The van der Waals surface area contributed by atoms with Crippen LogP contribution in [-0.2, 0) is 0 Å². The van der Waals surface area contributed by atoms with Crippen molar-refractivity contribution in [1.82, 2.24) is 20.3 Å².